The maximum Gasteiger partial charge on any atom is 0.322 e. The maximum absolute atomic E-state index is 14.7. The average Bonchev–Trinajstić information content (AvgIpc) is 3.04. The van der Waals surface area contributed by atoms with E-state index in [1.54, 1.807) is 0 Å². The number of nitrogens with one attached hydrogen (secondary N) is 1. The van der Waals surface area contributed by atoms with E-state index >= 15 is 0 Å². The van der Waals surface area contributed by atoms with Crippen LogP contribution in [0.5, 0.6) is 0 Å². The van der Waals surface area contributed by atoms with Crippen molar-refractivity contribution >= 4 is 21.6 Å². The van der Waals surface area contributed by atoms with E-state index in [-0.39, 0.29) is 22.2 Å². The predicted molar refractivity (Wildman–Crippen MR) is 118 cm³/mol. The molecule has 2 amide bonds. The average molecular weight is 446 g/mol. The Hall–Kier alpha value is -2.45. The molecule has 31 heavy (non-hydrogen) atoms. The lowest BCUT2D eigenvalue weighted by Crippen LogP contribution is -2.54. The van der Waals surface area contributed by atoms with Gasteiger partial charge in [0.05, 0.1) is 22.7 Å². The van der Waals surface area contributed by atoms with Crippen LogP contribution in [0, 0.1) is 5.82 Å². The number of urea groups is 1. The van der Waals surface area contributed by atoms with E-state index in [1.165, 1.54) is 22.6 Å². The quantitative estimate of drug-likeness (QED) is 0.782. The molecule has 1 heterocycles. The molecule has 2 fully saturated rings. The predicted octanol–water partition coefficient (Wildman–Crippen LogP) is 3.53. The van der Waals surface area contributed by atoms with Crippen LogP contribution in [0.1, 0.15) is 31.2 Å². The highest BCUT2D eigenvalue weighted by atomic mass is 32.2. The van der Waals surface area contributed by atoms with E-state index in [9.17, 15) is 17.6 Å². The van der Waals surface area contributed by atoms with Crippen LogP contribution in [-0.2, 0) is 15.4 Å². The Balaban J connectivity index is 1.57. The van der Waals surface area contributed by atoms with Crippen LogP contribution in [0.15, 0.2) is 53.4 Å². The van der Waals surface area contributed by atoms with Crippen LogP contribution < -0.4 is 10.2 Å². The zero-order valence-corrected chi connectivity index (χ0v) is 18.9. The number of benzene rings is 2. The highest BCUT2D eigenvalue weighted by molar-refractivity contribution is 7.90. The molecule has 1 aliphatic heterocycles. The van der Waals surface area contributed by atoms with E-state index in [0.717, 1.165) is 38.0 Å². The first-order valence-electron chi connectivity index (χ1n) is 10.4. The van der Waals surface area contributed by atoms with Crippen LogP contribution in [0.3, 0.4) is 0 Å². The van der Waals surface area contributed by atoms with E-state index in [1.807, 2.05) is 18.2 Å². The fourth-order valence-electron chi connectivity index (χ4n) is 5.01. The van der Waals surface area contributed by atoms with Crippen molar-refractivity contribution in [1.29, 1.82) is 0 Å². The number of hydrogen-bond acceptors (Lipinski definition) is 4. The molecular weight excluding hydrogens is 417 g/mol. The van der Waals surface area contributed by atoms with E-state index < -0.39 is 21.2 Å². The molecule has 0 atom stereocenters. The second-order valence-electron chi connectivity index (χ2n) is 8.97. The molecule has 0 aromatic heterocycles. The van der Waals surface area contributed by atoms with Crippen molar-refractivity contribution in [3.05, 3.63) is 59.9 Å². The molecule has 8 heteroatoms. The summed E-state index contributed by atoms with van der Waals surface area (Å²) in [5.74, 6) is -0.710. The van der Waals surface area contributed by atoms with Gasteiger partial charge in [-0.1, -0.05) is 30.3 Å². The minimum atomic E-state index is -3.52. The number of hydrogen-bond donors (Lipinski definition) is 1. The fourth-order valence-corrected chi connectivity index (χ4v) is 5.64. The molecule has 1 spiro atoms. The number of amides is 2. The van der Waals surface area contributed by atoms with E-state index in [4.69, 9.17) is 0 Å². The molecule has 166 valence electrons. The highest BCUT2D eigenvalue weighted by Gasteiger charge is 2.50. The Morgan fingerprint density at radius 1 is 1.03 bits per heavy atom. The van der Waals surface area contributed by atoms with Crippen molar-refractivity contribution in [3.63, 3.8) is 0 Å². The number of rotatable bonds is 4. The first kappa shape index (κ1) is 21.8. The van der Waals surface area contributed by atoms with Gasteiger partial charge in [0.15, 0.2) is 9.84 Å². The van der Waals surface area contributed by atoms with Gasteiger partial charge in [0.2, 0.25) is 0 Å². The monoisotopic (exact) mass is 445 g/mol. The first-order valence-corrected chi connectivity index (χ1v) is 12.3. The highest BCUT2D eigenvalue weighted by Crippen LogP contribution is 2.46. The van der Waals surface area contributed by atoms with Crippen molar-refractivity contribution < 1.29 is 17.6 Å². The maximum atomic E-state index is 14.7. The molecule has 6 nitrogen and oxygen atoms in total. The van der Waals surface area contributed by atoms with Crippen molar-refractivity contribution in [2.45, 2.75) is 41.7 Å². The Bertz CT molecular complexity index is 1090. The number of sulfone groups is 1. The van der Waals surface area contributed by atoms with Gasteiger partial charge < -0.3 is 5.32 Å². The van der Waals surface area contributed by atoms with Gasteiger partial charge in [0.1, 0.15) is 5.82 Å². The second-order valence-corrected chi connectivity index (χ2v) is 11.0. The summed E-state index contributed by atoms with van der Waals surface area (Å²) in [6.07, 6.45) is 4.31. The summed E-state index contributed by atoms with van der Waals surface area (Å²) in [4.78, 5) is 16.3. The van der Waals surface area contributed by atoms with Gasteiger partial charge in [-0.15, -0.1) is 0 Å². The summed E-state index contributed by atoms with van der Waals surface area (Å²) in [7, 11) is 0.656. The summed E-state index contributed by atoms with van der Waals surface area (Å²) in [6, 6.07) is 13.8. The number of halogens is 1. The molecule has 1 aliphatic carbocycles. The second kappa shape index (κ2) is 7.60. The number of carbonyl (C=O) groups excluding carboxylic acids is 1. The third-order valence-electron chi connectivity index (χ3n) is 6.92. The molecule has 2 aromatic rings. The molecule has 1 N–H and O–H groups in total. The minimum absolute atomic E-state index is 0.0978. The molecular formula is C23H28FN3O3S. The van der Waals surface area contributed by atoms with E-state index in [2.05, 4.69) is 36.4 Å². The van der Waals surface area contributed by atoms with Crippen LogP contribution in [0.4, 0.5) is 14.9 Å². The summed E-state index contributed by atoms with van der Waals surface area (Å²) >= 11 is 0. The van der Waals surface area contributed by atoms with Crippen molar-refractivity contribution in [2.75, 3.05) is 31.8 Å². The topological polar surface area (TPSA) is 69.7 Å². The Kier molecular flexibility index (Phi) is 5.34. The molecule has 0 radical (unpaired) electrons. The summed E-state index contributed by atoms with van der Waals surface area (Å²) < 4.78 is 38.1. The normalized spacial score (nSPS) is 26.5. The van der Waals surface area contributed by atoms with E-state index in [0.29, 0.717) is 6.54 Å². The van der Waals surface area contributed by atoms with Gasteiger partial charge in [-0.05, 0) is 63.5 Å². The molecule has 4 rings (SSSR count). The minimum Gasteiger partial charge on any atom is -0.330 e. The summed E-state index contributed by atoms with van der Waals surface area (Å²) in [5.41, 5.74) is 0.841. The summed E-state index contributed by atoms with van der Waals surface area (Å²) in [5, 5.41) is 3.10. The zero-order valence-electron chi connectivity index (χ0n) is 18.1. The number of nitrogens with zero attached hydrogens (tertiary/aromatic N) is 2. The van der Waals surface area contributed by atoms with Crippen LogP contribution >= 0.6 is 0 Å². The van der Waals surface area contributed by atoms with Crippen LogP contribution in [-0.4, -0.2) is 51.8 Å². The molecule has 0 unspecified atom stereocenters. The zero-order chi connectivity index (χ0) is 22.4. The van der Waals surface area contributed by atoms with Gasteiger partial charge in [-0.2, -0.15) is 0 Å². The third kappa shape index (κ3) is 3.83. The standard InChI is InChI=1S/C23H28FN3O3S/c1-26(2)23(17-7-5-4-6-8-17)13-11-22(12-14-23)16-27(21(28)25-22)20-10-9-18(15-19(20)24)31(3,29)30/h4-10,15H,11-14,16H2,1-3H3,(H,25,28). The van der Waals surface area contributed by atoms with Gasteiger partial charge in [0, 0.05) is 11.8 Å². The first-order chi connectivity index (χ1) is 14.6. The van der Waals surface area contributed by atoms with Crippen molar-refractivity contribution in [2.24, 2.45) is 0 Å². The molecule has 1 saturated carbocycles. The van der Waals surface area contributed by atoms with Crippen molar-refractivity contribution in [1.82, 2.24) is 10.2 Å². The Morgan fingerprint density at radius 3 is 2.23 bits per heavy atom. The smallest absolute Gasteiger partial charge is 0.322 e. The van der Waals surface area contributed by atoms with Gasteiger partial charge in [0.25, 0.3) is 0 Å². The molecule has 0 bridgehead atoms. The fraction of sp³-hybridized carbons (Fsp3) is 0.435. The molecule has 1 saturated heterocycles. The lowest BCUT2D eigenvalue weighted by atomic mass is 9.69. The van der Waals surface area contributed by atoms with Crippen LogP contribution in [0.25, 0.3) is 0 Å². The molecule has 2 aliphatic rings. The SMILES string of the molecule is CN(C)C1(c2ccccc2)CCC2(CC1)CN(c1ccc(S(C)(=O)=O)cc1F)C(=O)N2. The van der Waals surface area contributed by atoms with Gasteiger partial charge in [-0.25, -0.2) is 17.6 Å². The lowest BCUT2D eigenvalue weighted by Gasteiger charge is -2.48. The Labute approximate surface area is 183 Å². The lowest BCUT2D eigenvalue weighted by molar-refractivity contribution is 0.0657. The number of anilines is 1. The van der Waals surface area contributed by atoms with Gasteiger partial charge >= 0.3 is 6.03 Å². The third-order valence-corrected chi connectivity index (χ3v) is 8.03. The largest absolute Gasteiger partial charge is 0.330 e. The summed E-state index contributed by atoms with van der Waals surface area (Å²) in [6.45, 7) is 0.360. The Morgan fingerprint density at radius 2 is 1.68 bits per heavy atom. The van der Waals surface area contributed by atoms with Gasteiger partial charge in [-0.3, -0.25) is 9.80 Å². The van der Waals surface area contributed by atoms with Crippen molar-refractivity contribution in [3.8, 4) is 0 Å². The number of carbonyl (C=O) groups is 1. The molecule has 2 aromatic carbocycles. The van der Waals surface area contributed by atoms with Crippen LogP contribution in [0.2, 0.25) is 0 Å².